The molecule has 0 aliphatic carbocycles. The Morgan fingerprint density at radius 1 is 1.31 bits per heavy atom. The number of hydrogen-bond acceptors (Lipinski definition) is 0. The molecule has 0 unspecified atom stereocenters. The summed E-state index contributed by atoms with van der Waals surface area (Å²) in [6.07, 6.45) is 0. The Hall–Kier alpha value is -1.07. The van der Waals surface area contributed by atoms with Crippen molar-refractivity contribution in [3.8, 4) is 11.8 Å². The molecular weight excluding hydrogens is 194 g/mol. The van der Waals surface area contributed by atoms with Gasteiger partial charge in [0.1, 0.15) is 0 Å². The van der Waals surface area contributed by atoms with Crippen molar-refractivity contribution in [1.29, 1.82) is 0 Å². The van der Waals surface area contributed by atoms with Crippen LogP contribution in [0.3, 0.4) is 0 Å². The molecule has 68 valence electrons. The minimum atomic E-state index is -0.905. The molecule has 0 radical (unpaired) electrons. The Morgan fingerprint density at radius 2 is 2.00 bits per heavy atom. The third kappa shape index (κ3) is 2.19. The van der Waals surface area contributed by atoms with Gasteiger partial charge in [0, 0.05) is 0 Å². The molecule has 0 saturated heterocycles. The summed E-state index contributed by atoms with van der Waals surface area (Å²) < 4.78 is 26.0. The first-order valence-electron chi connectivity index (χ1n) is 3.66. The Morgan fingerprint density at radius 3 is 2.62 bits per heavy atom. The van der Waals surface area contributed by atoms with E-state index in [0.29, 0.717) is 0 Å². The molecule has 0 fully saturated rings. The Bertz CT molecular complexity index is 374. The van der Waals surface area contributed by atoms with Gasteiger partial charge in [-0.05, 0) is 18.6 Å². The van der Waals surface area contributed by atoms with Crippen LogP contribution in [0, 0.1) is 30.4 Å². The summed E-state index contributed by atoms with van der Waals surface area (Å²) in [5.74, 6) is 3.25. The molecule has 0 amide bonds. The predicted molar refractivity (Wildman–Crippen MR) is 48.7 cm³/mol. The summed E-state index contributed by atoms with van der Waals surface area (Å²) in [6, 6.07) is 2.92. The summed E-state index contributed by atoms with van der Waals surface area (Å²) in [5.41, 5.74) is 0.317. The molecule has 0 aromatic heterocycles. The zero-order valence-corrected chi connectivity index (χ0v) is 7.75. The normalized spacial score (nSPS) is 9.23. The summed E-state index contributed by atoms with van der Waals surface area (Å²) >= 11 is 5.29. The predicted octanol–water partition coefficient (Wildman–Crippen LogP) is 2.86. The zero-order valence-electron chi connectivity index (χ0n) is 7.00. The fourth-order valence-corrected chi connectivity index (χ4v) is 0.938. The second kappa shape index (κ2) is 4.25. The Labute approximate surface area is 80.5 Å². The molecule has 0 N–H and O–H groups in total. The van der Waals surface area contributed by atoms with E-state index in [-0.39, 0.29) is 17.0 Å². The third-order valence-corrected chi connectivity index (χ3v) is 1.70. The van der Waals surface area contributed by atoms with E-state index in [1.807, 2.05) is 0 Å². The molecule has 1 rings (SSSR count). The van der Waals surface area contributed by atoms with Crippen molar-refractivity contribution in [2.24, 2.45) is 0 Å². The van der Waals surface area contributed by atoms with Gasteiger partial charge in [0.15, 0.2) is 11.6 Å². The van der Waals surface area contributed by atoms with E-state index >= 15 is 0 Å². The number of rotatable bonds is 0. The quantitative estimate of drug-likeness (QED) is 0.446. The number of halogens is 3. The van der Waals surface area contributed by atoms with Gasteiger partial charge in [0.25, 0.3) is 0 Å². The standard InChI is InChI=1S/C10H7ClF2/c1-7-4-5-8(3-2-6-11)10(13)9(7)12/h4-5H,6H2,1H3. The number of hydrogen-bond donors (Lipinski definition) is 0. The van der Waals surface area contributed by atoms with Crippen molar-refractivity contribution in [2.75, 3.05) is 5.88 Å². The molecule has 0 aliphatic heterocycles. The third-order valence-electron chi connectivity index (χ3n) is 1.57. The van der Waals surface area contributed by atoms with Crippen LogP contribution in [0.1, 0.15) is 11.1 Å². The maximum atomic E-state index is 13.1. The number of alkyl halides is 1. The molecule has 0 aliphatic rings. The minimum Gasteiger partial charge on any atom is -0.203 e. The molecule has 0 spiro atoms. The number of benzene rings is 1. The van der Waals surface area contributed by atoms with Gasteiger partial charge in [-0.1, -0.05) is 17.9 Å². The molecule has 0 bridgehead atoms. The van der Waals surface area contributed by atoms with Crippen molar-refractivity contribution in [3.05, 3.63) is 34.9 Å². The van der Waals surface area contributed by atoms with Crippen molar-refractivity contribution in [3.63, 3.8) is 0 Å². The monoisotopic (exact) mass is 200 g/mol. The lowest BCUT2D eigenvalue weighted by Gasteiger charge is -1.98. The molecular formula is C10H7ClF2. The summed E-state index contributed by atoms with van der Waals surface area (Å²) in [6.45, 7) is 1.50. The Balaban J connectivity index is 3.18. The molecule has 0 saturated carbocycles. The van der Waals surface area contributed by atoms with Gasteiger partial charge in [-0.3, -0.25) is 0 Å². The second-order valence-electron chi connectivity index (χ2n) is 2.49. The zero-order chi connectivity index (χ0) is 9.84. The summed E-state index contributed by atoms with van der Waals surface area (Å²) in [4.78, 5) is 0. The van der Waals surface area contributed by atoms with Crippen LogP contribution in [0.25, 0.3) is 0 Å². The van der Waals surface area contributed by atoms with Gasteiger partial charge in [-0.25, -0.2) is 8.78 Å². The first-order chi connectivity index (χ1) is 6.16. The minimum absolute atomic E-state index is 0.0451. The van der Waals surface area contributed by atoms with Crippen molar-refractivity contribution in [2.45, 2.75) is 6.92 Å². The van der Waals surface area contributed by atoms with Crippen molar-refractivity contribution >= 4 is 11.6 Å². The van der Waals surface area contributed by atoms with Crippen molar-refractivity contribution in [1.82, 2.24) is 0 Å². The van der Waals surface area contributed by atoms with E-state index in [1.165, 1.54) is 19.1 Å². The van der Waals surface area contributed by atoms with Gasteiger partial charge >= 0.3 is 0 Å². The lowest BCUT2D eigenvalue weighted by molar-refractivity contribution is 0.501. The van der Waals surface area contributed by atoms with Crippen LogP contribution in [0.2, 0.25) is 0 Å². The lowest BCUT2D eigenvalue weighted by atomic mass is 10.1. The highest BCUT2D eigenvalue weighted by Gasteiger charge is 2.08. The summed E-state index contributed by atoms with van der Waals surface area (Å²) in [5, 5.41) is 0. The van der Waals surface area contributed by atoms with Gasteiger partial charge in [0.2, 0.25) is 0 Å². The van der Waals surface area contributed by atoms with Crippen LogP contribution < -0.4 is 0 Å². The second-order valence-corrected chi connectivity index (χ2v) is 2.76. The van der Waals surface area contributed by atoms with Crippen LogP contribution in [0.15, 0.2) is 12.1 Å². The highest BCUT2D eigenvalue weighted by molar-refractivity contribution is 6.19. The highest BCUT2D eigenvalue weighted by atomic mass is 35.5. The average molecular weight is 201 g/mol. The van der Waals surface area contributed by atoms with Crippen LogP contribution >= 0.6 is 11.6 Å². The SMILES string of the molecule is Cc1ccc(C#CCCl)c(F)c1F. The van der Waals surface area contributed by atoms with Crippen LogP contribution in [0.5, 0.6) is 0 Å². The fraction of sp³-hybridized carbons (Fsp3) is 0.200. The molecule has 1 aromatic carbocycles. The van der Waals surface area contributed by atoms with Crippen LogP contribution in [-0.2, 0) is 0 Å². The van der Waals surface area contributed by atoms with E-state index in [1.54, 1.807) is 0 Å². The van der Waals surface area contributed by atoms with Crippen LogP contribution in [-0.4, -0.2) is 5.88 Å². The molecule has 13 heavy (non-hydrogen) atoms. The summed E-state index contributed by atoms with van der Waals surface area (Å²) in [7, 11) is 0. The van der Waals surface area contributed by atoms with E-state index in [0.717, 1.165) is 0 Å². The first-order valence-corrected chi connectivity index (χ1v) is 4.19. The Kier molecular flexibility index (Phi) is 3.27. The molecule has 3 heteroatoms. The van der Waals surface area contributed by atoms with E-state index in [2.05, 4.69) is 11.8 Å². The molecule has 1 aromatic rings. The van der Waals surface area contributed by atoms with Gasteiger partial charge < -0.3 is 0 Å². The van der Waals surface area contributed by atoms with E-state index in [9.17, 15) is 8.78 Å². The first kappa shape index (κ1) is 10.0. The highest BCUT2D eigenvalue weighted by Crippen LogP contribution is 2.14. The topological polar surface area (TPSA) is 0 Å². The lowest BCUT2D eigenvalue weighted by Crippen LogP contribution is -1.92. The van der Waals surface area contributed by atoms with Crippen LogP contribution in [0.4, 0.5) is 8.78 Å². The largest absolute Gasteiger partial charge is 0.203 e. The van der Waals surface area contributed by atoms with E-state index < -0.39 is 11.6 Å². The maximum Gasteiger partial charge on any atom is 0.174 e. The van der Waals surface area contributed by atoms with E-state index in [4.69, 9.17) is 11.6 Å². The van der Waals surface area contributed by atoms with Crippen molar-refractivity contribution < 1.29 is 8.78 Å². The maximum absolute atomic E-state index is 13.1. The smallest absolute Gasteiger partial charge is 0.174 e. The molecule has 0 atom stereocenters. The number of aryl methyl sites for hydroxylation is 1. The van der Waals surface area contributed by atoms with Gasteiger partial charge in [-0.2, -0.15) is 0 Å². The average Bonchev–Trinajstić information content (AvgIpc) is 2.13. The van der Waals surface area contributed by atoms with Gasteiger partial charge in [-0.15, -0.1) is 11.6 Å². The van der Waals surface area contributed by atoms with Gasteiger partial charge in [0.05, 0.1) is 11.4 Å². The fourth-order valence-electron chi connectivity index (χ4n) is 0.871. The molecule has 0 nitrogen and oxygen atoms in total. The molecule has 0 heterocycles.